The molecule has 0 amide bonds. The third-order valence-corrected chi connectivity index (χ3v) is 3.32. The Morgan fingerprint density at radius 1 is 1.33 bits per heavy atom. The van der Waals surface area contributed by atoms with Gasteiger partial charge in [-0.1, -0.05) is 18.4 Å². The molecule has 0 saturated heterocycles. The predicted molar refractivity (Wildman–Crippen MR) is 67.2 cm³/mol. The van der Waals surface area contributed by atoms with E-state index < -0.39 is 0 Å². The Morgan fingerprint density at radius 3 is 2.60 bits per heavy atom. The van der Waals surface area contributed by atoms with Crippen LogP contribution in [-0.2, 0) is 0 Å². The minimum atomic E-state index is 0.855. The fourth-order valence-corrected chi connectivity index (χ4v) is 2.21. The van der Waals surface area contributed by atoms with Crippen LogP contribution in [-0.4, -0.2) is 37.6 Å². The summed E-state index contributed by atoms with van der Waals surface area (Å²) in [5.41, 5.74) is 1.27. The second-order valence-electron chi connectivity index (χ2n) is 4.88. The van der Waals surface area contributed by atoms with E-state index in [-0.39, 0.29) is 0 Å². The van der Waals surface area contributed by atoms with Gasteiger partial charge >= 0.3 is 0 Å². The molecule has 1 aliphatic rings. The number of nitrogens with zero attached hydrogens (tertiary/aromatic N) is 1. The molecule has 0 bridgehead atoms. The molecule has 0 spiro atoms. The zero-order valence-corrected chi connectivity index (χ0v) is 10.4. The Hall–Kier alpha value is -0.340. The summed E-state index contributed by atoms with van der Waals surface area (Å²) in [6, 6.07) is 0.855. The van der Waals surface area contributed by atoms with Crippen LogP contribution in [0.15, 0.2) is 12.2 Å². The third kappa shape index (κ3) is 5.33. The Morgan fingerprint density at radius 2 is 2.00 bits per heavy atom. The van der Waals surface area contributed by atoms with Gasteiger partial charge in [0.25, 0.3) is 0 Å². The quantitative estimate of drug-likeness (QED) is 0.513. The highest BCUT2D eigenvalue weighted by atomic mass is 15.1. The average Bonchev–Trinajstić information content (AvgIpc) is 2.69. The van der Waals surface area contributed by atoms with Crippen LogP contribution in [0.4, 0.5) is 0 Å². The summed E-state index contributed by atoms with van der Waals surface area (Å²) in [7, 11) is 2.26. The number of likely N-dealkylation sites (N-methyl/N-ethyl adjacent to an activating group) is 1. The van der Waals surface area contributed by atoms with Crippen LogP contribution in [0, 0.1) is 0 Å². The van der Waals surface area contributed by atoms with Gasteiger partial charge in [0.15, 0.2) is 0 Å². The minimum Gasteiger partial charge on any atom is -0.315 e. The molecule has 0 aliphatic heterocycles. The summed E-state index contributed by atoms with van der Waals surface area (Å²) in [6.45, 7) is 9.36. The minimum absolute atomic E-state index is 0.855. The van der Waals surface area contributed by atoms with Crippen molar-refractivity contribution in [3.8, 4) is 0 Å². The highest BCUT2D eigenvalue weighted by molar-refractivity contribution is 4.88. The normalized spacial score (nSPS) is 17.5. The highest BCUT2D eigenvalue weighted by Crippen LogP contribution is 2.21. The topological polar surface area (TPSA) is 15.3 Å². The van der Waals surface area contributed by atoms with Crippen LogP contribution in [0.5, 0.6) is 0 Å². The Balaban J connectivity index is 1.96. The van der Waals surface area contributed by atoms with Crippen LogP contribution < -0.4 is 5.32 Å². The highest BCUT2D eigenvalue weighted by Gasteiger charge is 2.18. The van der Waals surface area contributed by atoms with Crippen molar-refractivity contribution in [1.82, 2.24) is 10.2 Å². The fourth-order valence-electron chi connectivity index (χ4n) is 2.21. The van der Waals surface area contributed by atoms with Crippen LogP contribution >= 0.6 is 0 Å². The summed E-state index contributed by atoms with van der Waals surface area (Å²) in [4.78, 5) is 2.51. The van der Waals surface area contributed by atoms with Gasteiger partial charge in [0, 0.05) is 19.1 Å². The molecule has 1 saturated carbocycles. The van der Waals surface area contributed by atoms with Gasteiger partial charge in [-0.05, 0) is 39.8 Å². The molecule has 15 heavy (non-hydrogen) atoms. The van der Waals surface area contributed by atoms with Crippen LogP contribution in [0.1, 0.15) is 39.0 Å². The molecule has 0 aromatic carbocycles. The van der Waals surface area contributed by atoms with Crippen molar-refractivity contribution in [2.24, 2.45) is 0 Å². The summed E-state index contributed by atoms with van der Waals surface area (Å²) in [5.74, 6) is 0. The first-order valence-corrected chi connectivity index (χ1v) is 6.25. The van der Waals surface area contributed by atoms with E-state index in [9.17, 15) is 0 Å². The lowest BCUT2D eigenvalue weighted by Gasteiger charge is -2.23. The number of rotatable bonds is 7. The largest absolute Gasteiger partial charge is 0.315 e. The standard InChI is InChI=1S/C13H26N2/c1-12(2)8-9-14-10-11-15(3)13-6-4-5-7-13/h13-14H,1,4-11H2,2-3H3. The molecule has 0 radical (unpaired) electrons. The number of hydrogen-bond acceptors (Lipinski definition) is 2. The smallest absolute Gasteiger partial charge is 0.0107 e. The van der Waals surface area contributed by atoms with Crippen molar-refractivity contribution in [3.05, 3.63) is 12.2 Å². The van der Waals surface area contributed by atoms with Gasteiger partial charge in [0.05, 0.1) is 0 Å². The molecule has 0 unspecified atom stereocenters. The fraction of sp³-hybridized carbons (Fsp3) is 0.846. The summed E-state index contributed by atoms with van der Waals surface area (Å²) >= 11 is 0. The van der Waals surface area contributed by atoms with Gasteiger partial charge in [-0.2, -0.15) is 0 Å². The first-order chi connectivity index (χ1) is 7.20. The summed E-state index contributed by atoms with van der Waals surface area (Å²) in [5, 5.41) is 3.47. The number of hydrogen-bond donors (Lipinski definition) is 1. The van der Waals surface area contributed by atoms with E-state index in [1.54, 1.807) is 0 Å². The van der Waals surface area contributed by atoms with E-state index in [2.05, 4.69) is 30.8 Å². The van der Waals surface area contributed by atoms with E-state index in [1.807, 2.05) is 0 Å². The first-order valence-electron chi connectivity index (χ1n) is 6.25. The summed E-state index contributed by atoms with van der Waals surface area (Å²) in [6.07, 6.45) is 6.77. The average molecular weight is 210 g/mol. The molecule has 0 aromatic heterocycles. The van der Waals surface area contributed by atoms with Crippen LogP contribution in [0.2, 0.25) is 0 Å². The molecule has 0 heterocycles. The Bertz CT molecular complexity index is 183. The third-order valence-electron chi connectivity index (χ3n) is 3.32. The molecule has 1 aliphatic carbocycles. The van der Waals surface area contributed by atoms with Crippen molar-refractivity contribution in [2.45, 2.75) is 45.1 Å². The lowest BCUT2D eigenvalue weighted by Crippen LogP contribution is -2.35. The van der Waals surface area contributed by atoms with E-state index >= 15 is 0 Å². The van der Waals surface area contributed by atoms with Gasteiger partial charge < -0.3 is 10.2 Å². The van der Waals surface area contributed by atoms with Gasteiger partial charge in [0.1, 0.15) is 0 Å². The Labute approximate surface area is 94.7 Å². The zero-order chi connectivity index (χ0) is 11.1. The molecule has 88 valence electrons. The maximum Gasteiger partial charge on any atom is 0.0107 e. The van der Waals surface area contributed by atoms with Crippen LogP contribution in [0.3, 0.4) is 0 Å². The van der Waals surface area contributed by atoms with Gasteiger partial charge in [-0.25, -0.2) is 0 Å². The molecular formula is C13H26N2. The lowest BCUT2D eigenvalue weighted by atomic mass is 10.2. The van der Waals surface area contributed by atoms with E-state index in [1.165, 1.54) is 37.8 Å². The summed E-state index contributed by atoms with van der Waals surface area (Å²) < 4.78 is 0. The van der Waals surface area contributed by atoms with Crippen LogP contribution in [0.25, 0.3) is 0 Å². The van der Waals surface area contributed by atoms with E-state index in [4.69, 9.17) is 0 Å². The molecule has 2 nitrogen and oxygen atoms in total. The maximum absolute atomic E-state index is 3.90. The van der Waals surface area contributed by atoms with Gasteiger partial charge in [-0.15, -0.1) is 6.58 Å². The molecular weight excluding hydrogens is 184 g/mol. The molecule has 1 rings (SSSR count). The van der Waals surface area contributed by atoms with Crippen molar-refractivity contribution in [1.29, 1.82) is 0 Å². The second-order valence-corrected chi connectivity index (χ2v) is 4.88. The Kier molecular flexibility index (Phi) is 5.96. The SMILES string of the molecule is C=C(C)CCNCCN(C)C1CCCC1. The second kappa shape index (κ2) is 7.02. The van der Waals surface area contributed by atoms with Crippen molar-refractivity contribution in [3.63, 3.8) is 0 Å². The molecule has 0 aromatic rings. The zero-order valence-electron chi connectivity index (χ0n) is 10.4. The molecule has 0 atom stereocenters. The number of nitrogens with one attached hydrogen (secondary N) is 1. The van der Waals surface area contributed by atoms with Gasteiger partial charge in [0.2, 0.25) is 0 Å². The monoisotopic (exact) mass is 210 g/mol. The maximum atomic E-state index is 3.90. The van der Waals surface area contributed by atoms with Crippen molar-refractivity contribution in [2.75, 3.05) is 26.7 Å². The molecule has 1 fully saturated rings. The molecule has 2 heteroatoms. The van der Waals surface area contributed by atoms with E-state index in [0.29, 0.717) is 0 Å². The first kappa shape index (κ1) is 12.7. The molecule has 1 N–H and O–H groups in total. The van der Waals surface area contributed by atoms with E-state index in [0.717, 1.165) is 25.6 Å². The van der Waals surface area contributed by atoms with Gasteiger partial charge in [-0.3, -0.25) is 0 Å². The predicted octanol–water partition coefficient (Wildman–Crippen LogP) is 2.42. The van der Waals surface area contributed by atoms with Crippen molar-refractivity contribution >= 4 is 0 Å². The lowest BCUT2D eigenvalue weighted by molar-refractivity contribution is 0.246. The van der Waals surface area contributed by atoms with Crippen molar-refractivity contribution < 1.29 is 0 Å².